The normalized spacial score (nSPS) is 12.4. The van der Waals surface area contributed by atoms with Gasteiger partial charge in [0, 0.05) is 5.56 Å². The second-order valence-electron chi connectivity index (χ2n) is 5.37. The van der Waals surface area contributed by atoms with Gasteiger partial charge < -0.3 is 5.32 Å². The van der Waals surface area contributed by atoms with E-state index in [0.29, 0.717) is 10.0 Å². The molecular formula is C18H21BrFN. The molecule has 2 aromatic carbocycles. The molecule has 0 fully saturated rings. The molecule has 2 rings (SSSR count). The van der Waals surface area contributed by atoms with E-state index in [1.54, 1.807) is 6.07 Å². The molecule has 0 aliphatic heterocycles. The zero-order valence-electron chi connectivity index (χ0n) is 12.7. The number of hydrogen-bond acceptors (Lipinski definition) is 1. The summed E-state index contributed by atoms with van der Waals surface area (Å²) in [4.78, 5) is 0. The molecular weight excluding hydrogens is 329 g/mol. The predicted molar refractivity (Wildman–Crippen MR) is 90.2 cm³/mol. The lowest BCUT2D eigenvalue weighted by molar-refractivity contribution is 0.543. The van der Waals surface area contributed by atoms with Crippen molar-refractivity contribution in [2.45, 2.75) is 33.2 Å². The van der Waals surface area contributed by atoms with Crippen molar-refractivity contribution >= 4 is 15.9 Å². The third-order valence-corrected chi connectivity index (χ3v) is 4.37. The number of benzene rings is 2. The largest absolute Gasteiger partial charge is 0.306 e. The van der Waals surface area contributed by atoms with Gasteiger partial charge >= 0.3 is 0 Å². The summed E-state index contributed by atoms with van der Waals surface area (Å²) in [5, 5.41) is 3.46. The Bertz CT molecular complexity index is 625. The van der Waals surface area contributed by atoms with Gasteiger partial charge in [-0.05, 0) is 65.5 Å². The molecule has 1 N–H and O–H groups in total. The first-order valence-corrected chi connectivity index (χ1v) is 8.08. The minimum atomic E-state index is -0.190. The van der Waals surface area contributed by atoms with Gasteiger partial charge in [0.1, 0.15) is 5.82 Å². The summed E-state index contributed by atoms with van der Waals surface area (Å²) in [6, 6.07) is 11.7. The molecule has 0 spiro atoms. The van der Waals surface area contributed by atoms with E-state index in [-0.39, 0.29) is 11.9 Å². The van der Waals surface area contributed by atoms with Gasteiger partial charge in [0.2, 0.25) is 0 Å². The maximum atomic E-state index is 14.5. The Kier molecular flexibility index (Phi) is 5.54. The van der Waals surface area contributed by atoms with Crippen molar-refractivity contribution in [3.8, 4) is 0 Å². The molecule has 2 aromatic rings. The molecule has 0 aliphatic carbocycles. The molecule has 1 nitrogen and oxygen atoms in total. The first-order chi connectivity index (χ1) is 10.0. The van der Waals surface area contributed by atoms with E-state index in [4.69, 9.17) is 0 Å². The van der Waals surface area contributed by atoms with E-state index in [0.717, 1.165) is 18.5 Å². The minimum Gasteiger partial charge on any atom is -0.306 e. The van der Waals surface area contributed by atoms with E-state index in [1.807, 2.05) is 12.1 Å². The van der Waals surface area contributed by atoms with Crippen molar-refractivity contribution in [1.82, 2.24) is 5.32 Å². The third-order valence-electron chi connectivity index (χ3n) is 3.76. The summed E-state index contributed by atoms with van der Waals surface area (Å²) in [5.41, 5.74) is 4.26. The number of hydrogen-bond donors (Lipinski definition) is 1. The van der Waals surface area contributed by atoms with Crippen molar-refractivity contribution < 1.29 is 4.39 Å². The Morgan fingerprint density at radius 1 is 1.14 bits per heavy atom. The van der Waals surface area contributed by atoms with Crippen LogP contribution in [0.25, 0.3) is 0 Å². The third kappa shape index (κ3) is 3.72. The van der Waals surface area contributed by atoms with Crippen LogP contribution in [0.15, 0.2) is 40.9 Å². The van der Waals surface area contributed by atoms with Gasteiger partial charge in [-0.2, -0.15) is 0 Å². The van der Waals surface area contributed by atoms with Gasteiger partial charge in [-0.15, -0.1) is 0 Å². The van der Waals surface area contributed by atoms with Crippen molar-refractivity contribution in [3.05, 3.63) is 68.9 Å². The predicted octanol–water partition coefficient (Wildman–Crippen LogP) is 5.29. The monoisotopic (exact) mass is 349 g/mol. The van der Waals surface area contributed by atoms with Crippen LogP contribution in [0, 0.1) is 19.7 Å². The Labute approximate surface area is 134 Å². The number of aryl methyl sites for hydroxylation is 2. The Balaban J connectivity index is 2.47. The summed E-state index contributed by atoms with van der Waals surface area (Å²) in [5.74, 6) is -0.190. The number of halogens is 2. The molecule has 0 aromatic heterocycles. The van der Waals surface area contributed by atoms with E-state index >= 15 is 0 Å². The van der Waals surface area contributed by atoms with Gasteiger partial charge in [-0.25, -0.2) is 4.39 Å². The number of nitrogens with one attached hydrogen (secondary N) is 1. The van der Waals surface area contributed by atoms with Gasteiger partial charge in [0.05, 0.1) is 10.5 Å². The fourth-order valence-electron chi connectivity index (χ4n) is 2.38. The Morgan fingerprint density at radius 3 is 2.57 bits per heavy atom. The molecule has 0 bridgehead atoms. The quantitative estimate of drug-likeness (QED) is 0.772. The molecule has 1 atom stereocenters. The average molecular weight is 350 g/mol. The van der Waals surface area contributed by atoms with E-state index in [2.05, 4.69) is 60.2 Å². The summed E-state index contributed by atoms with van der Waals surface area (Å²) >= 11 is 3.28. The maximum Gasteiger partial charge on any atom is 0.142 e. The second kappa shape index (κ2) is 7.19. The van der Waals surface area contributed by atoms with Crippen LogP contribution in [0.4, 0.5) is 4.39 Å². The smallest absolute Gasteiger partial charge is 0.142 e. The average Bonchev–Trinajstić information content (AvgIpc) is 2.47. The van der Waals surface area contributed by atoms with Gasteiger partial charge in [-0.1, -0.05) is 37.3 Å². The van der Waals surface area contributed by atoms with Crippen LogP contribution in [0.1, 0.15) is 41.6 Å². The molecule has 112 valence electrons. The van der Waals surface area contributed by atoms with Crippen LogP contribution in [0.2, 0.25) is 0 Å². The lowest BCUT2D eigenvalue weighted by Gasteiger charge is -2.21. The van der Waals surface area contributed by atoms with Crippen LogP contribution in [-0.2, 0) is 0 Å². The van der Waals surface area contributed by atoms with Crippen LogP contribution in [-0.4, -0.2) is 6.54 Å². The SMILES string of the molecule is CCCNC(c1ccc(C)c(C)c1)c1cccc(Br)c1F. The van der Waals surface area contributed by atoms with E-state index < -0.39 is 0 Å². The summed E-state index contributed by atoms with van der Waals surface area (Å²) in [7, 11) is 0. The second-order valence-corrected chi connectivity index (χ2v) is 6.23. The van der Waals surface area contributed by atoms with Crippen molar-refractivity contribution in [1.29, 1.82) is 0 Å². The molecule has 1 unspecified atom stereocenters. The van der Waals surface area contributed by atoms with Crippen LogP contribution in [0.3, 0.4) is 0 Å². The lowest BCUT2D eigenvalue weighted by Crippen LogP contribution is -2.24. The topological polar surface area (TPSA) is 12.0 Å². The minimum absolute atomic E-state index is 0.123. The Hall–Kier alpha value is -1.19. The highest BCUT2D eigenvalue weighted by molar-refractivity contribution is 9.10. The van der Waals surface area contributed by atoms with Crippen molar-refractivity contribution in [2.75, 3.05) is 6.54 Å². The molecule has 0 saturated heterocycles. The molecule has 21 heavy (non-hydrogen) atoms. The molecule has 0 amide bonds. The highest BCUT2D eigenvalue weighted by atomic mass is 79.9. The summed E-state index contributed by atoms with van der Waals surface area (Å²) < 4.78 is 15.0. The molecule has 0 aliphatic rings. The first kappa shape index (κ1) is 16.2. The molecule has 3 heteroatoms. The van der Waals surface area contributed by atoms with Gasteiger partial charge in [0.15, 0.2) is 0 Å². The molecule has 0 heterocycles. The van der Waals surface area contributed by atoms with Gasteiger partial charge in [0.25, 0.3) is 0 Å². The molecule has 0 radical (unpaired) electrons. The summed E-state index contributed by atoms with van der Waals surface area (Å²) in [6.45, 7) is 7.14. The highest BCUT2D eigenvalue weighted by Crippen LogP contribution is 2.29. The summed E-state index contributed by atoms with van der Waals surface area (Å²) in [6.07, 6.45) is 1.01. The fraction of sp³-hybridized carbons (Fsp3) is 0.333. The highest BCUT2D eigenvalue weighted by Gasteiger charge is 2.19. The maximum absolute atomic E-state index is 14.5. The standard InChI is InChI=1S/C18H21BrFN/c1-4-10-21-18(14-9-8-12(2)13(3)11-14)15-6-5-7-16(19)17(15)20/h5-9,11,18,21H,4,10H2,1-3H3. The number of rotatable bonds is 5. The lowest BCUT2D eigenvalue weighted by atomic mass is 9.95. The van der Waals surface area contributed by atoms with E-state index in [9.17, 15) is 4.39 Å². The van der Waals surface area contributed by atoms with E-state index in [1.165, 1.54) is 11.1 Å². The van der Waals surface area contributed by atoms with Crippen LogP contribution in [0.5, 0.6) is 0 Å². The van der Waals surface area contributed by atoms with Crippen LogP contribution >= 0.6 is 15.9 Å². The van der Waals surface area contributed by atoms with Crippen LogP contribution < -0.4 is 5.32 Å². The van der Waals surface area contributed by atoms with Crippen molar-refractivity contribution in [2.24, 2.45) is 0 Å². The first-order valence-electron chi connectivity index (χ1n) is 7.29. The molecule has 0 saturated carbocycles. The zero-order valence-corrected chi connectivity index (χ0v) is 14.3. The fourth-order valence-corrected chi connectivity index (χ4v) is 2.77. The Morgan fingerprint density at radius 2 is 1.90 bits per heavy atom. The van der Waals surface area contributed by atoms with Gasteiger partial charge in [-0.3, -0.25) is 0 Å². The zero-order chi connectivity index (χ0) is 15.4. The van der Waals surface area contributed by atoms with Crippen molar-refractivity contribution in [3.63, 3.8) is 0 Å².